The van der Waals surface area contributed by atoms with Crippen molar-refractivity contribution in [2.75, 3.05) is 5.33 Å². The maximum Gasteiger partial charge on any atom is 0.303 e. The van der Waals surface area contributed by atoms with Crippen LogP contribution < -0.4 is 0 Å². The zero-order chi connectivity index (χ0) is 14.9. The minimum Gasteiger partial charge on any atom is -0.459 e. The van der Waals surface area contributed by atoms with Gasteiger partial charge in [-0.2, -0.15) is 0 Å². The van der Waals surface area contributed by atoms with E-state index in [1.165, 1.54) is 6.92 Å². The Morgan fingerprint density at radius 1 is 1.55 bits per heavy atom. The van der Waals surface area contributed by atoms with Crippen molar-refractivity contribution in [2.24, 2.45) is 5.11 Å². The number of hydrogen-bond donors (Lipinski definition) is 0. The molecule has 0 radical (unpaired) electrons. The van der Waals surface area contributed by atoms with Crippen LogP contribution in [0.1, 0.15) is 20.8 Å². The fourth-order valence-electron chi connectivity index (χ4n) is 2.41. The summed E-state index contributed by atoms with van der Waals surface area (Å²) in [5.41, 5.74) is 8.72. The van der Waals surface area contributed by atoms with E-state index in [2.05, 4.69) is 26.0 Å². The van der Waals surface area contributed by atoms with E-state index in [0.29, 0.717) is 5.33 Å². The van der Waals surface area contributed by atoms with Crippen molar-refractivity contribution in [2.45, 2.75) is 57.2 Å². The molecule has 2 rings (SSSR count). The average Bonchev–Trinajstić information content (AvgIpc) is 2.80. The molecule has 0 spiro atoms. The van der Waals surface area contributed by atoms with Crippen molar-refractivity contribution in [1.82, 2.24) is 0 Å². The lowest BCUT2D eigenvalue weighted by atomic mass is 10.0. The molecule has 0 aromatic rings. The van der Waals surface area contributed by atoms with Gasteiger partial charge in [-0.3, -0.25) is 4.79 Å². The number of rotatable bonds is 4. The molecule has 9 heteroatoms. The van der Waals surface area contributed by atoms with E-state index in [0.717, 1.165) is 0 Å². The minimum absolute atomic E-state index is 0.359. The van der Waals surface area contributed by atoms with Crippen molar-refractivity contribution >= 4 is 21.9 Å². The van der Waals surface area contributed by atoms with E-state index < -0.39 is 42.4 Å². The lowest BCUT2D eigenvalue weighted by molar-refractivity contribution is -0.217. The highest BCUT2D eigenvalue weighted by Gasteiger charge is 2.56. The topological polar surface area (TPSA) is 103 Å². The summed E-state index contributed by atoms with van der Waals surface area (Å²) in [5, 5.41) is 4.09. The highest BCUT2D eigenvalue weighted by Crippen LogP contribution is 2.40. The second-order valence-corrected chi connectivity index (χ2v) is 5.71. The standard InChI is InChI=1S/C11H16BrN3O5/c1-5(16)17-6(4-12)8-7(14-15-13)9-10(18-8)20-11(2,3)19-9/h6-10H,4H2,1-3H3/t6-,7+,8-,9-,10-/m1/s1. The molecule has 0 aromatic heterocycles. The number of fused-ring (bicyclic) bond motifs is 1. The summed E-state index contributed by atoms with van der Waals surface area (Å²) in [7, 11) is 0. The summed E-state index contributed by atoms with van der Waals surface area (Å²) < 4.78 is 22.2. The number of carbonyl (C=O) groups excluding carboxylic acids is 1. The van der Waals surface area contributed by atoms with Crippen LogP contribution in [0, 0.1) is 0 Å². The monoisotopic (exact) mass is 349 g/mol. The Balaban J connectivity index is 2.18. The Labute approximate surface area is 124 Å². The van der Waals surface area contributed by atoms with Gasteiger partial charge in [0.15, 0.2) is 12.1 Å². The van der Waals surface area contributed by atoms with Gasteiger partial charge in [0.25, 0.3) is 0 Å². The molecule has 112 valence electrons. The van der Waals surface area contributed by atoms with Gasteiger partial charge in [0.05, 0.1) is 6.04 Å². The first-order valence-corrected chi connectivity index (χ1v) is 7.28. The predicted octanol–water partition coefficient (Wildman–Crippen LogP) is 1.87. The Kier molecular flexibility index (Phi) is 4.55. The van der Waals surface area contributed by atoms with Crippen LogP contribution in [-0.2, 0) is 23.7 Å². The molecule has 5 atom stereocenters. The molecule has 2 fully saturated rings. The molecule has 0 amide bonds. The van der Waals surface area contributed by atoms with Gasteiger partial charge >= 0.3 is 5.97 Å². The van der Waals surface area contributed by atoms with Crippen molar-refractivity contribution in [1.29, 1.82) is 0 Å². The predicted molar refractivity (Wildman–Crippen MR) is 71.0 cm³/mol. The molecule has 0 saturated carbocycles. The molecule has 0 N–H and O–H groups in total. The van der Waals surface area contributed by atoms with Crippen LogP contribution in [0.15, 0.2) is 5.11 Å². The Morgan fingerprint density at radius 3 is 2.80 bits per heavy atom. The van der Waals surface area contributed by atoms with Gasteiger partial charge in [-0.05, 0) is 19.4 Å². The van der Waals surface area contributed by atoms with E-state index in [1.54, 1.807) is 13.8 Å². The molecule has 2 aliphatic heterocycles. The fraction of sp³-hybridized carbons (Fsp3) is 0.909. The second-order valence-electron chi connectivity index (χ2n) is 5.07. The van der Waals surface area contributed by atoms with Gasteiger partial charge in [0.2, 0.25) is 0 Å². The Hall–Kier alpha value is -0.860. The third-order valence-corrected chi connectivity index (χ3v) is 3.71. The summed E-state index contributed by atoms with van der Waals surface area (Å²) in [5.74, 6) is -1.23. The molecule has 0 aliphatic carbocycles. The maximum absolute atomic E-state index is 11.1. The molecule has 2 aliphatic rings. The Morgan fingerprint density at radius 2 is 2.25 bits per heavy atom. The number of azide groups is 1. The molecule has 20 heavy (non-hydrogen) atoms. The molecule has 0 unspecified atom stereocenters. The van der Waals surface area contributed by atoms with E-state index >= 15 is 0 Å². The number of alkyl halides is 1. The van der Waals surface area contributed by atoms with Crippen LogP contribution in [0.25, 0.3) is 10.4 Å². The lowest BCUT2D eigenvalue weighted by Crippen LogP contribution is -2.42. The molecule has 2 saturated heterocycles. The van der Waals surface area contributed by atoms with Crippen LogP contribution >= 0.6 is 15.9 Å². The molecule has 0 bridgehead atoms. The number of ether oxygens (including phenoxy) is 4. The highest BCUT2D eigenvalue weighted by atomic mass is 79.9. The first-order valence-electron chi connectivity index (χ1n) is 6.16. The number of hydrogen-bond acceptors (Lipinski definition) is 6. The van der Waals surface area contributed by atoms with Crippen LogP contribution in [0.5, 0.6) is 0 Å². The van der Waals surface area contributed by atoms with Crippen LogP contribution in [0.2, 0.25) is 0 Å². The summed E-state index contributed by atoms with van der Waals surface area (Å²) in [4.78, 5) is 13.9. The van der Waals surface area contributed by atoms with E-state index in [4.69, 9.17) is 24.5 Å². The summed E-state index contributed by atoms with van der Waals surface area (Å²) in [6.07, 6.45) is -2.34. The largest absolute Gasteiger partial charge is 0.459 e. The molecule has 2 heterocycles. The van der Waals surface area contributed by atoms with E-state index in [9.17, 15) is 4.79 Å². The summed E-state index contributed by atoms with van der Waals surface area (Å²) in [6.45, 7) is 4.82. The summed E-state index contributed by atoms with van der Waals surface area (Å²) in [6, 6.07) is -0.617. The first kappa shape index (κ1) is 15.5. The SMILES string of the molecule is CC(=O)O[C@H](CBr)[C@H]1O[C@@H]2OC(C)(C)O[C@@H]2[C@H]1N=[N+]=[N-]. The maximum atomic E-state index is 11.1. The van der Waals surface area contributed by atoms with Gasteiger partial charge in [-0.1, -0.05) is 21.0 Å². The van der Waals surface area contributed by atoms with Gasteiger partial charge in [-0.25, -0.2) is 0 Å². The van der Waals surface area contributed by atoms with E-state index in [1.807, 2.05) is 0 Å². The summed E-state index contributed by atoms with van der Waals surface area (Å²) >= 11 is 3.26. The quantitative estimate of drug-likeness (QED) is 0.253. The van der Waals surface area contributed by atoms with Crippen LogP contribution in [0.3, 0.4) is 0 Å². The Bertz CT molecular complexity index is 440. The zero-order valence-corrected chi connectivity index (χ0v) is 12.9. The van der Waals surface area contributed by atoms with Crippen molar-refractivity contribution < 1.29 is 23.7 Å². The first-order chi connectivity index (χ1) is 9.38. The molecule has 8 nitrogen and oxygen atoms in total. The van der Waals surface area contributed by atoms with Crippen LogP contribution in [0.4, 0.5) is 0 Å². The third kappa shape index (κ3) is 3.07. The number of nitrogens with zero attached hydrogens (tertiary/aromatic N) is 3. The molecular weight excluding hydrogens is 334 g/mol. The fourth-order valence-corrected chi connectivity index (χ4v) is 2.91. The minimum atomic E-state index is -0.797. The molecular formula is C11H16BrN3O5. The van der Waals surface area contributed by atoms with Gasteiger partial charge < -0.3 is 18.9 Å². The lowest BCUT2D eigenvalue weighted by Gasteiger charge is -2.27. The molecule has 0 aromatic carbocycles. The third-order valence-electron chi connectivity index (χ3n) is 3.07. The van der Waals surface area contributed by atoms with Gasteiger partial charge in [0.1, 0.15) is 18.3 Å². The van der Waals surface area contributed by atoms with Crippen molar-refractivity contribution in [3.63, 3.8) is 0 Å². The number of esters is 1. The van der Waals surface area contributed by atoms with Crippen LogP contribution in [-0.4, -0.2) is 47.7 Å². The van der Waals surface area contributed by atoms with Gasteiger partial charge in [0, 0.05) is 17.2 Å². The zero-order valence-electron chi connectivity index (χ0n) is 11.4. The van der Waals surface area contributed by atoms with E-state index in [-0.39, 0.29) is 0 Å². The average molecular weight is 350 g/mol. The van der Waals surface area contributed by atoms with Crippen molar-refractivity contribution in [3.8, 4) is 0 Å². The smallest absolute Gasteiger partial charge is 0.303 e. The van der Waals surface area contributed by atoms with Gasteiger partial charge in [-0.15, -0.1) is 0 Å². The second kappa shape index (κ2) is 5.87. The number of halogens is 1. The van der Waals surface area contributed by atoms with Crippen molar-refractivity contribution in [3.05, 3.63) is 10.4 Å². The normalized spacial score (nSPS) is 36.0. The number of carbonyl (C=O) groups is 1. The highest BCUT2D eigenvalue weighted by molar-refractivity contribution is 9.09.